The van der Waals surface area contributed by atoms with Gasteiger partial charge in [0.2, 0.25) is 0 Å². The second kappa shape index (κ2) is 13.0. The van der Waals surface area contributed by atoms with Crippen LogP contribution in [0, 0.1) is 0 Å². The van der Waals surface area contributed by atoms with Crippen LogP contribution >= 0.6 is 7.82 Å². The van der Waals surface area contributed by atoms with Gasteiger partial charge in [0.05, 0.1) is 19.8 Å². The molecule has 3 aliphatic heterocycles. The summed E-state index contributed by atoms with van der Waals surface area (Å²) in [7, 11) is -5.04. The van der Waals surface area contributed by atoms with Crippen LogP contribution in [0.4, 0.5) is 0 Å². The van der Waals surface area contributed by atoms with E-state index in [4.69, 9.17) is 33.5 Å². The number of phosphoric acid groups is 1. The molecule has 0 radical (unpaired) electrons. The van der Waals surface area contributed by atoms with Gasteiger partial charge in [-0.05, 0) is 0 Å². The molecule has 0 aromatic heterocycles. The fraction of sp³-hybridized carbons (Fsp3) is 1.00. The van der Waals surface area contributed by atoms with Crippen molar-refractivity contribution < 1.29 is 93.6 Å². The molecule has 224 valence electrons. The van der Waals surface area contributed by atoms with Gasteiger partial charge in [0.25, 0.3) is 0 Å². The van der Waals surface area contributed by atoms with Crippen molar-refractivity contribution >= 4 is 7.82 Å². The molecule has 20 heteroatoms. The van der Waals surface area contributed by atoms with Crippen LogP contribution in [0.2, 0.25) is 0 Å². The van der Waals surface area contributed by atoms with Gasteiger partial charge >= 0.3 is 7.82 Å². The molecule has 19 nitrogen and oxygen atoms in total. The standard InChI is InChI=1S/C18H33O19P/c19-1-4-7(20)11(24)14(27)17(35-4)37-15-12(25)9(22)6(3-33-38(29,30)31)36-18(15)32-2-5-8(21)10(23)13(26)16(28)34-5/h4-28H,1-3H2,(H2,29,30,31)/t4-,5-,6-,7-,8-,9-,10-,11-,12-,13-,14-,15+,16+,17+,18+/m1/s1. The van der Waals surface area contributed by atoms with Gasteiger partial charge in [-0.3, -0.25) is 4.52 Å². The molecule has 0 saturated carbocycles. The van der Waals surface area contributed by atoms with E-state index in [1.54, 1.807) is 0 Å². The van der Waals surface area contributed by atoms with E-state index in [-0.39, 0.29) is 0 Å². The Balaban J connectivity index is 1.78. The highest BCUT2D eigenvalue weighted by atomic mass is 31.2. The van der Waals surface area contributed by atoms with E-state index >= 15 is 0 Å². The summed E-state index contributed by atoms with van der Waals surface area (Å²) < 4.78 is 41.9. The van der Waals surface area contributed by atoms with E-state index < -0.39 is 120 Å². The lowest BCUT2D eigenvalue weighted by Crippen LogP contribution is -2.65. The van der Waals surface area contributed by atoms with Crippen LogP contribution in [0.15, 0.2) is 0 Å². The summed E-state index contributed by atoms with van der Waals surface area (Å²) in [5.41, 5.74) is 0. The summed E-state index contributed by atoms with van der Waals surface area (Å²) in [6.07, 6.45) is -26.9. The minimum absolute atomic E-state index is 0.726. The van der Waals surface area contributed by atoms with Crippen molar-refractivity contribution in [1.29, 1.82) is 0 Å². The van der Waals surface area contributed by atoms with Crippen LogP contribution in [0.1, 0.15) is 0 Å². The van der Waals surface area contributed by atoms with Crippen LogP contribution in [0.25, 0.3) is 0 Å². The lowest BCUT2D eigenvalue weighted by molar-refractivity contribution is -0.372. The SMILES string of the molecule is O=P(O)(O)OC[C@H]1O[C@H](OC[C@H]2O[C@H](O)[C@H](O)[C@H](O)[C@@H]2O)[C@@H](O[C@@H]2O[C@H](CO)[C@@H](O)[C@@H](O)[C@H]2O)[C@H](O)[C@@H]1O. The lowest BCUT2D eigenvalue weighted by atomic mass is 9.97. The second-order valence-electron chi connectivity index (χ2n) is 8.98. The zero-order chi connectivity index (χ0) is 28.5. The van der Waals surface area contributed by atoms with Gasteiger partial charge in [0, 0.05) is 0 Å². The van der Waals surface area contributed by atoms with Crippen LogP contribution in [-0.2, 0) is 32.8 Å². The van der Waals surface area contributed by atoms with Gasteiger partial charge in [0.1, 0.15) is 73.2 Å². The Morgan fingerprint density at radius 1 is 0.605 bits per heavy atom. The molecule has 3 heterocycles. The largest absolute Gasteiger partial charge is 0.469 e. The zero-order valence-electron chi connectivity index (χ0n) is 19.5. The van der Waals surface area contributed by atoms with Gasteiger partial charge in [-0.15, -0.1) is 0 Å². The van der Waals surface area contributed by atoms with Crippen molar-refractivity contribution in [2.24, 2.45) is 0 Å². The van der Waals surface area contributed by atoms with E-state index in [0.29, 0.717) is 0 Å². The van der Waals surface area contributed by atoms with Crippen molar-refractivity contribution in [1.82, 2.24) is 0 Å². The van der Waals surface area contributed by atoms with Crippen molar-refractivity contribution in [3.8, 4) is 0 Å². The Labute approximate surface area is 214 Å². The van der Waals surface area contributed by atoms with Crippen molar-refractivity contribution in [2.45, 2.75) is 92.1 Å². The third kappa shape index (κ3) is 7.22. The molecule has 15 atom stereocenters. The maximum Gasteiger partial charge on any atom is 0.469 e. The number of hydrogen-bond acceptors (Lipinski definition) is 17. The van der Waals surface area contributed by atoms with E-state index in [1.165, 1.54) is 0 Å². The molecule has 12 N–H and O–H groups in total. The van der Waals surface area contributed by atoms with Gasteiger partial charge in [-0.25, -0.2) is 4.57 Å². The Morgan fingerprint density at radius 3 is 1.74 bits per heavy atom. The fourth-order valence-corrected chi connectivity index (χ4v) is 4.43. The normalized spacial score (nSPS) is 48.7. The number of hydrogen-bond donors (Lipinski definition) is 12. The van der Waals surface area contributed by atoms with Crippen LogP contribution in [-0.4, -0.2) is 173 Å². The number of phosphoric ester groups is 1. The van der Waals surface area contributed by atoms with Gasteiger partial charge in [-0.2, -0.15) is 0 Å². The highest BCUT2D eigenvalue weighted by Gasteiger charge is 2.52. The van der Waals surface area contributed by atoms with Crippen molar-refractivity contribution in [3.63, 3.8) is 0 Å². The summed E-state index contributed by atoms with van der Waals surface area (Å²) >= 11 is 0. The average Bonchev–Trinajstić information content (AvgIpc) is 2.86. The van der Waals surface area contributed by atoms with Gasteiger partial charge in [0.15, 0.2) is 18.9 Å². The highest BCUT2D eigenvalue weighted by molar-refractivity contribution is 7.46. The summed E-state index contributed by atoms with van der Waals surface area (Å²) in [6, 6.07) is 0. The van der Waals surface area contributed by atoms with E-state index in [1.807, 2.05) is 0 Å². The first-order chi connectivity index (χ1) is 17.7. The molecule has 3 saturated heterocycles. The van der Waals surface area contributed by atoms with E-state index in [2.05, 4.69) is 4.52 Å². The number of rotatable bonds is 9. The Morgan fingerprint density at radius 2 is 1.13 bits per heavy atom. The smallest absolute Gasteiger partial charge is 0.394 e. The molecule has 3 rings (SSSR count). The zero-order valence-corrected chi connectivity index (χ0v) is 20.3. The molecule has 0 spiro atoms. The number of aliphatic hydroxyl groups is 10. The third-order valence-electron chi connectivity index (χ3n) is 6.30. The first-order valence-corrected chi connectivity index (χ1v) is 12.9. The summed E-state index contributed by atoms with van der Waals surface area (Å²) in [5.74, 6) is 0. The molecule has 0 aromatic carbocycles. The van der Waals surface area contributed by atoms with E-state index in [9.17, 15) is 55.6 Å². The molecule has 3 fully saturated rings. The molecule has 38 heavy (non-hydrogen) atoms. The lowest BCUT2D eigenvalue weighted by Gasteiger charge is -2.46. The minimum atomic E-state index is -5.04. The quantitative estimate of drug-likeness (QED) is 0.112. The molecule has 0 aromatic rings. The monoisotopic (exact) mass is 584 g/mol. The Kier molecular flexibility index (Phi) is 11.0. The number of aliphatic hydroxyl groups excluding tert-OH is 10. The number of ether oxygens (including phenoxy) is 5. The molecule has 0 amide bonds. The molecular weight excluding hydrogens is 551 g/mol. The first kappa shape index (κ1) is 32.0. The Hall–Kier alpha value is -0.490. The average molecular weight is 584 g/mol. The molecule has 0 bridgehead atoms. The molecule has 0 aliphatic carbocycles. The molecule has 0 unspecified atom stereocenters. The van der Waals surface area contributed by atoms with E-state index in [0.717, 1.165) is 0 Å². The Bertz CT molecular complexity index is 798. The van der Waals surface area contributed by atoms with Crippen LogP contribution in [0.3, 0.4) is 0 Å². The van der Waals surface area contributed by atoms with Gasteiger partial charge in [-0.1, -0.05) is 0 Å². The predicted octanol–water partition coefficient (Wildman–Crippen LogP) is -7.46. The van der Waals surface area contributed by atoms with Crippen LogP contribution in [0.5, 0.6) is 0 Å². The maximum atomic E-state index is 11.1. The fourth-order valence-electron chi connectivity index (χ4n) is 4.09. The summed E-state index contributed by atoms with van der Waals surface area (Å²) in [5, 5.41) is 100.0. The summed E-state index contributed by atoms with van der Waals surface area (Å²) in [4.78, 5) is 17.9. The minimum Gasteiger partial charge on any atom is -0.394 e. The maximum absolute atomic E-state index is 11.1. The van der Waals surface area contributed by atoms with Gasteiger partial charge < -0.3 is 84.5 Å². The molecular formula is C18H33O19P. The van der Waals surface area contributed by atoms with Crippen molar-refractivity contribution in [3.05, 3.63) is 0 Å². The first-order valence-electron chi connectivity index (χ1n) is 11.3. The van der Waals surface area contributed by atoms with Crippen LogP contribution < -0.4 is 0 Å². The van der Waals surface area contributed by atoms with Crippen molar-refractivity contribution in [2.75, 3.05) is 19.8 Å². The topological polar surface area (TPSA) is 315 Å². The highest BCUT2D eigenvalue weighted by Crippen LogP contribution is 2.38. The predicted molar refractivity (Wildman–Crippen MR) is 112 cm³/mol. The summed E-state index contributed by atoms with van der Waals surface area (Å²) in [6.45, 7) is -2.50. The molecule has 3 aliphatic rings. The third-order valence-corrected chi connectivity index (χ3v) is 6.79. The second-order valence-corrected chi connectivity index (χ2v) is 10.2.